The van der Waals surface area contributed by atoms with E-state index in [1.54, 1.807) is 0 Å². The first kappa shape index (κ1) is 70.4. The van der Waals surface area contributed by atoms with E-state index in [0.717, 1.165) is 69.6 Å². The van der Waals surface area contributed by atoms with E-state index in [4.69, 9.17) is 14.2 Å². The monoisotopic (exact) mass is 1020 g/mol. The van der Waals surface area contributed by atoms with E-state index in [2.05, 4.69) is 34.6 Å². The molecule has 0 aromatic heterocycles. The topological polar surface area (TPSA) is 78.9 Å². The van der Waals surface area contributed by atoms with Crippen LogP contribution in [0.5, 0.6) is 0 Å². The van der Waals surface area contributed by atoms with Crippen molar-refractivity contribution in [1.82, 2.24) is 0 Å². The Morgan fingerprint density at radius 1 is 0.292 bits per heavy atom. The van der Waals surface area contributed by atoms with Crippen molar-refractivity contribution in [3.05, 3.63) is 0 Å². The van der Waals surface area contributed by atoms with Gasteiger partial charge in [-0.05, 0) is 31.1 Å². The zero-order valence-electron chi connectivity index (χ0n) is 49.6. The van der Waals surface area contributed by atoms with E-state index in [1.807, 2.05) is 0 Å². The minimum atomic E-state index is -0.764. The molecule has 0 aliphatic carbocycles. The first-order valence-electron chi connectivity index (χ1n) is 32.8. The van der Waals surface area contributed by atoms with E-state index in [-0.39, 0.29) is 31.1 Å². The lowest BCUT2D eigenvalue weighted by Crippen LogP contribution is -2.30. The maximum atomic E-state index is 12.9. The maximum absolute atomic E-state index is 12.9. The predicted molar refractivity (Wildman–Crippen MR) is 312 cm³/mol. The summed E-state index contributed by atoms with van der Waals surface area (Å²) in [5.74, 6) is 0.919. The summed E-state index contributed by atoms with van der Waals surface area (Å²) in [6, 6.07) is 0. The Morgan fingerprint density at radius 3 is 0.792 bits per heavy atom. The number of unbranched alkanes of at least 4 members (excludes halogenated alkanes) is 44. The molecule has 0 heterocycles. The molecule has 0 amide bonds. The molecule has 0 N–H and O–H groups in total. The van der Waals surface area contributed by atoms with Crippen LogP contribution in [-0.2, 0) is 28.6 Å². The molecule has 0 aliphatic heterocycles. The Morgan fingerprint density at radius 2 is 0.528 bits per heavy atom. The quantitative estimate of drug-likeness (QED) is 0.0343. The Hall–Kier alpha value is -1.59. The summed E-state index contributed by atoms with van der Waals surface area (Å²) in [5.41, 5.74) is 0. The van der Waals surface area contributed by atoms with Gasteiger partial charge in [0.2, 0.25) is 0 Å². The van der Waals surface area contributed by atoms with Gasteiger partial charge in [0.15, 0.2) is 6.10 Å². The first-order valence-corrected chi connectivity index (χ1v) is 32.8. The van der Waals surface area contributed by atoms with E-state index >= 15 is 0 Å². The second-order valence-electron chi connectivity index (χ2n) is 23.5. The molecule has 0 radical (unpaired) electrons. The zero-order valence-corrected chi connectivity index (χ0v) is 49.6. The molecule has 0 fully saturated rings. The molecule has 428 valence electrons. The second kappa shape index (κ2) is 58.7. The van der Waals surface area contributed by atoms with Crippen LogP contribution < -0.4 is 0 Å². The maximum Gasteiger partial charge on any atom is 0.306 e. The molecule has 0 aromatic rings. The number of esters is 3. The molecule has 0 saturated heterocycles. The fraction of sp³-hybridized carbons (Fsp3) is 0.955. The third-order valence-corrected chi connectivity index (χ3v) is 15.6. The van der Waals surface area contributed by atoms with Gasteiger partial charge >= 0.3 is 17.9 Å². The molecule has 0 spiro atoms. The van der Waals surface area contributed by atoms with Gasteiger partial charge in [-0.1, -0.05) is 336 Å². The summed E-state index contributed by atoms with van der Waals surface area (Å²) in [5, 5.41) is 0. The van der Waals surface area contributed by atoms with Crippen LogP contribution in [0.1, 0.15) is 375 Å². The van der Waals surface area contributed by atoms with E-state index < -0.39 is 6.10 Å². The molecule has 0 aromatic carbocycles. The van der Waals surface area contributed by atoms with Gasteiger partial charge < -0.3 is 14.2 Å². The molecular weight excluding hydrogens is 889 g/mol. The van der Waals surface area contributed by atoms with Crippen molar-refractivity contribution in [3.63, 3.8) is 0 Å². The summed E-state index contributed by atoms with van der Waals surface area (Å²) in [6.07, 6.45) is 65.2. The third kappa shape index (κ3) is 57.7. The molecule has 0 rings (SSSR count). The number of hydrogen-bond acceptors (Lipinski definition) is 6. The summed E-state index contributed by atoms with van der Waals surface area (Å²) < 4.78 is 17.0. The van der Waals surface area contributed by atoms with Gasteiger partial charge in [0.1, 0.15) is 13.2 Å². The number of rotatable bonds is 60. The highest BCUT2D eigenvalue weighted by molar-refractivity contribution is 5.71. The Labute approximate surface area is 450 Å². The van der Waals surface area contributed by atoms with Crippen LogP contribution in [-0.4, -0.2) is 37.2 Å². The lowest BCUT2D eigenvalue weighted by atomic mass is 9.99. The van der Waals surface area contributed by atoms with Crippen molar-refractivity contribution in [1.29, 1.82) is 0 Å². The lowest BCUT2D eigenvalue weighted by molar-refractivity contribution is -0.167. The molecule has 72 heavy (non-hydrogen) atoms. The fourth-order valence-electron chi connectivity index (χ4n) is 10.3. The number of carbonyl (C=O) groups excluding carboxylic acids is 3. The van der Waals surface area contributed by atoms with Crippen molar-refractivity contribution in [2.45, 2.75) is 381 Å². The van der Waals surface area contributed by atoms with Crippen molar-refractivity contribution >= 4 is 17.9 Å². The van der Waals surface area contributed by atoms with Gasteiger partial charge in [0.25, 0.3) is 0 Å². The smallest absolute Gasteiger partial charge is 0.306 e. The molecule has 6 heteroatoms. The Bertz CT molecular complexity index is 1110. The number of hydrogen-bond donors (Lipinski definition) is 0. The van der Waals surface area contributed by atoms with Gasteiger partial charge in [0.05, 0.1) is 0 Å². The van der Waals surface area contributed by atoms with Crippen LogP contribution in [0.3, 0.4) is 0 Å². The molecule has 6 nitrogen and oxygen atoms in total. The Kier molecular flexibility index (Phi) is 57.4. The summed E-state index contributed by atoms with van der Waals surface area (Å²) in [4.78, 5) is 38.4. The minimum absolute atomic E-state index is 0.0616. The lowest BCUT2D eigenvalue weighted by Gasteiger charge is -2.18. The summed E-state index contributed by atoms with van der Waals surface area (Å²) in [7, 11) is 0. The second-order valence-corrected chi connectivity index (χ2v) is 23.5. The highest BCUT2D eigenvalue weighted by atomic mass is 16.6. The normalized spacial score (nSPS) is 12.4. The van der Waals surface area contributed by atoms with Crippen LogP contribution in [0, 0.1) is 11.8 Å². The summed E-state index contributed by atoms with van der Waals surface area (Å²) in [6.45, 7) is 11.5. The fourth-order valence-corrected chi connectivity index (χ4v) is 10.3. The number of ether oxygens (including phenoxy) is 3. The van der Waals surface area contributed by atoms with Gasteiger partial charge in [-0.15, -0.1) is 0 Å². The van der Waals surface area contributed by atoms with Gasteiger partial charge in [-0.25, -0.2) is 0 Å². The average molecular weight is 1020 g/mol. The van der Waals surface area contributed by atoms with Crippen LogP contribution in [0.2, 0.25) is 0 Å². The molecule has 0 saturated carbocycles. The van der Waals surface area contributed by atoms with Crippen molar-refractivity contribution < 1.29 is 28.6 Å². The molecule has 0 aliphatic rings. The third-order valence-electron chi connectivity index (χ3n) is 15.6. The van der Waals surface area contributed by atoms with Crippen molar-refractivity contribution in [2.24, 2.45) is 11.8 Å². The average Bonchev–Trinajstić information content (AvgIpc) is 3.37. The highest BCUT2D eigenvalue weighted by Crippen LogP contribution is 2.19. The van der Waals surface area contributed by atoms with Crippen molar-refractivity contribution in [2.75, 3.05) is 13.2 Å². The largest absolute Gasteiger partial charge is 0.462 e. The highest BCUT2D eigenvalue weighted by Gasteiger charge is 2.19. The SMILES string of the molecule is CCCCCCCCCCCCCCCCCCCC(=O)OC[C@H](COC(=O)CCCCCCCCCCCCCCCCC(C)CC)OC(=O)CCCCCCCCCCCCCCCCCCC(C)C. The standard InChI is InChI=1S/C66H128O6/c1-6-8-9-10-11-12-13-14-15-16-20-26-31-36-41-46-51-56-64(67)70-59-63(60-71-65(68)57-52-47-42-37-32-27-23-22-25-30-35-40-45-50-55-62(5)7-2)72-66(69)58-53-48-43-38-33-28-21-18-17-19-24-29-34-39-44-49-54-61(3)4/h61-63H,6-60H2,1-5H3/t62?,63-/m1/s1. The van der Waals surface area contributed by atoms with Gasteiger partial charge in [0, 0.05) is 19.3 Å². The number of carbonyl (C=O) groups is 3. The van der Waals surface area contributed by atoms with E-state index in [0.29, 0.717) is 19.3 Å². The minimum Gasteiger partial charge on any atom is -0.462 e. The molecule has 0 bridgehead atoms. The zero-order chi connectivity index (χ0) is 52.5. The summed E-state index contributed by atoms with van der Waals surface area (Å²) >= 11 is 0. The predicted octanol–water partition coefficient (Wildman–Crippen LogP) is 22.0. The van der Waals surface area contributed by atoms with Crippen LogP contribution >= 0.6 is 0 Å². The van der Waals surface area contributed by atoms with E-state index in [1.165, 1.54) is 263 Å². The molecule has 1 unspecified atom stereocenters. The van der Waals surface area contributed by atoms with Crippen molar-refractivity contribution in [3.8, 4) is 0 Å². The molecular formula is C66H128O6. The van der Waals surface area contributed by atoms with Crippen LogP contribution in [0.15, 0.2) is 0 Å². The van der Waals surface area contributed by atoms with Crippen LogP contribution in [0.25, 0.3) is 0 Å². The molecule has 2 atom stereocenters. The Balaban J connectivity index is 4.29. The van der Waals surface area contributed by atoms with Gasteiger partial charge in [-0.2, -0.15) is 0 Å². The van der Waals surface area contributed by atoms with E-state index in [9.17, 15) is 14.4 Å². The van der Waals surface area contributed by atoms with Gasteiger partial charge in [-0.3, -0.25) is 14.4 Å². The first-order chi connectivity index (χ1) is 35.3. The van der Waals surface area contributed by atoms with Crippen LogP contribution in [0.4, 0.5) is 0 Å².